The predicted octanol–water partition coefficient (Wildman–Crippen LogP) is 1.47. The number of hydrogen-bond donors (Lipinski definition) is 3. The first-order valence-corrected chi connectivity index (χ1v) is 4.69. The number of H-pyrrole nitrogens is 1. The predicted molar refractivity (Wildman–Crippen MR) is 56.9 cm³/mol. The van der Waals surface area contributed by atoms with Crippen LogP contribution in [0, 0.1) is 0 Å². The van der Waals surface area contributed by atoms with Gasteiger partial charge in [-0.1, -0.05) is 0 Å². The van der Waals surface area contributed by atoms with Crippen molar-refractivity contribution in [2.45, 2.75) is 32.2 Å². The fourth-order valence-electron chi connectivity index (χ4n) is 1.06. The van der Waals surface area contributed by atoms with Gasteiger partial charge in [-0.2, -0.15) is 0 Å². The van der Waals surface area contributed by atoms with Gasteiger partial charge in [-0.15, -0.1) is 0 Å². The van der Waals surface area contributed by atoms with Crippen molar-refractivity contribution in [3.05, 3.63) is 18.5 Å². The lowest BCUT2D eigenvalue weighted by Gasteiger charge is -2.17. The average Bonchev–Trinajstić information content (AvgIpc) is 2.52. The lowest BCUT2D eigenvalue weighted by Crippen LogP contribution is -2.33. The molecule has 0 atom stereocenters. The van der Waals surface area contributed by atoms with Crippen LogP contribution in [-0.2, 0) is 4.79 Å². The van der Waals surface area contributed by atoms with Crippen molar-refractivity contribution in [1.82, 2.24) is 4.98 Å². The smallest absolute Gasteiger partial charge is 0.224 e. The third-order valence-electron chi connectivity index (χ3n) is 1.88. The minimum Gasteiger partial charge on any atom is -0.366 e. The maximum Gasteiger partial charge on any atom is 0.224 e. The van der Waals surface area contributed by atoms with E-state index in [-0.39, 0.29) is 11.4 Å². The number of anilines is 1. The van der Waals surface area contributed by atoms with E-state index in [4.69, 9.17) is 5.73 Å². The SMILES string of the molecule is CC(C)(N)CCC(=O)Nc1cc[nH]c1. The Balaban J connectivity index is 2.30. The van der Waals surface area contributed by atoms with Crippen molar-refractivity contribution in [3.8, 4) is 0 Å². The minimum atomic E-state index is -0.282. The summed E-state index contributed by atoms with van der Waals surface area (Å²) in [6.07, 6.45) is 4.64. The lowest BCUT2D eigenvalue weighted by molar-refractivity contribution is -0.116. The molecule has 14 heavy (non-hydrogen) atoms. The van der Waals surface area contributed by atoms with Gasteiger partial charge in [-0.05, 0) is 26.3 Å². The summed E-state index contributed by atoms with van der Waals surface area (Å²) < 4.78 is 0. The first-order valence-electron chi connectivity index (χ1n) is 4.69. The Bertz CT molecular complexity index is 285. The largest absolute Gasteiger partial charge is 0.366 e. The molecule has 1 aromatic heterocycles. The second-order valence-corrected chi connectivity index (χ2v) is 4.14. The molecule has 0 saturated heterocycles. The van der Waals surface area contributed by atoms with E-state index in [1.807, 2.05) is 19.9 Å². The molecule has 0 aliphatic rings. The fourth-order valence-corrected chi connectivity index (χ4v) is 1.06. The first-order chi connectivity index (χ1) is 6.47. The van der Waals surface area contributed by atoms with E-state index in [2.05, 4.69) is 10.3 Å². The van der Waals surface area contributed by atoms with E-state index in [1.54, 1.807) is 12.4 Å². The second-order valence-electron chi connectivity index (χ2n) is 4.14. The molecular formula is C10H17N3O. The minimum absolute atomic E-state index is 0.00289. The van der Waals surface area contributed by atoms with E-state index in [0.29, 0.717) is 12.8 Å². The summed E-state index contributed by atoms with van der Waals surface area (Å²) in [6.45, 7) is 3.83. The second kappa shape index (κ2) is 4.28. The Hall–Kier alpha value is -1.29. The van der Waals surface area contributed by atoms with Crippen LogP contribution in [0.3, 0.4) is 0 Å². The summed E-state index contributed by atoms with van der Waals surface area (Å²) in [5, 5.41) is 2.77. The van der Waals surface area contributed by atoms with Gasteiger partial charge in [0.05, 0.1) is 5.69 Å². The molecule has 0 aliphatic carbocycles. The highest BCUT2D eigenvalue weighted by atomic mass is 16.1. The summed E-state index contributed by atoms with van der Waals surface area (Å²) in [6, 6.07) is 1.81. The molecule has 0 radical (unpaired) electrons. The number of carbonyl (C=O) groups excluding carboxylic acids is 1. The number of aromatic nitrogens is 1. The molecule has 78 valence electrons. The van der Waals surface area contributed by atoms with Crippen LogP contribution >= 0.6 is 0 Å². The zero-order valence-electron chi connectivity index (χ0n) is 8.63. The molecule has 0 bridgehead atoms. The lowest BCUT2D eigenvalue weighted by atomic mass is 10.00. The Labute approximate surface area is 83.9 Å². The van der Waals surface area contributed by atoms with Gasteiger partial charge in [0.2, 0.25) is 5.91 Å². The summed E-state index contributed by atoms with van der Waals surface area (Å²) >= 11 is 0. The van der Waals surface area contributed by atoms with Crippen molar-refractivity contribution in [3.63, 3.8) is 0 Å². The van der Waals surface area contributed by atoms with Gasteiger partial charge in [-0.25, -0.2) is 0 Å². The van der Waals surface area contributed by atoms with Gasteiger partial charge < -0.3 is 16.0 Å². The van der Waals surface area contributed by atoms with E-state index in [1.165, 1.54) is 0 Å². The van der Waals surface area contributed by atoms with Crippen LogP contribution in [0.15, 0.2) is 18.5 Å². The number of rotatable bonds is 4. The van der Waals surface area contributed by atoms with Crippen LogP contribution < -0.4 is 11.1 Å². The van der Waals surface area contributed by atoms with Crippen molar-refractivity contribution < 1.29 is 4.79 Å². The van der Waals surface area contributed by atoms with Crippen LogP contribution in [0.2, 0.25) is 0 Å². The fraction of sp³-hybridized carbons (Fsp3) is 0.500. The molecule has 1 heterocycles. The summed E-state index contributed by atoms with van der Waals surface area (Å²) in [4.78, 5) is 14.2. The number of nitrogens with two attached hydrogens (primary N) is 1. The highest BCUT2D eigenvalue weighted by Gasteiger charge is 2.13. The maximum absolute atomic E-state index is 11.4. The normalized spacial score (nSPS) is 11.4. The van der Waals surface area contributed by atoms with Crippen molar-refractivity contribution in [2.75, 3.05) is 5.32 Å². The Morgan fingerprint density at radius 2 is 2.36 bits per heavy atom. The van der Waals surface area contributed by atoms with Crippen molar-refractivity contribution in [2.24, 2.45) is 5.73 Å². The van der Waals surface area contributed by atoms with Gasteiger partial charge in [-0.3, -0.25) is 4.79 Å². The Morgan fingerprint density at radius 1 is 1.64 bits per heavy atom. The number of aromatic amines is 1. The zero-order valence-corrected chi connectivity index (χ0v) is 8.63. The van der Waals surface area contributed by atoms with Crippen LogP contribution in [0.5, 0.6) is 0 Å². The van der Waals surface area contributed by atoms with Gasteiger partial charge >= 0.3 is 0 Å². The number of hydrogen-bond acceptors (Lipinski definition) is 2. The molecule has 0 spiro atoms. The molecule has 1 amide bonds. The molecule has 4 heteroatoms. The van der Waals surface area contributed by atoms with Crippen LogP contribution in [-0.4, -0.2) is 16.4 Å². The molecule has 0 unspecified atom stereocenters. The van der Waals surface area contributed by atoms with Gasteiger partial charge in [0.1, 0.15) is 0 Å². The third kappa shape index (κ3) is 4.09. The molecular weight excluding hydrogens is 178 g/mol. The number of carbonyl (C=O) groups is 1. The van der Waals surface area contributed by atoms with Crippen molar-refractivity contribution in [1.29, 1.82) is 0 Å². The molecule has 4 nitrogen and oxygen atoms in total. The maximum atomic E-state index is 11.4. The highest BCUT2D eigenvalue weighted by molar-refractivity contribution is 5.90. The molecule has 0 aliphatic heterocycles. The Morgan fingerprint density at radius 3 is 2.86 bits per heavy atom. The molecule has 0 saturated carbocycles. The van der Waals surface area contributed by atoms with Crippen LogP contribution in [0.1, 0.15) is 26.7 Å². The van der Waals surface area contributed by atoms with Gasteiger partial charge in [0.15, 0.2) is 0 Å². The summed E-state index contributed by atoms with van der Waals surface area (Å²) in [5.74, 6) is 0.00289. The quantitative estimate of drug-likeness (QED) is 0.680. The standard InChI is InChI=1S/C10H17N3O/c1-10(2,11)5-3-9(14)13-8-4-6-12-7-8/h4,6-7,12H,3,5,11H2,1-2H3,(H,13,14). The van der Waals surface area contributed by atoms with Crippen molar-refractivity contribution >= 4 is 11.6 Å². The van der Waals surface area contributed by atoms with E-state index in [9.17, 15) is 4.79 Å². The first kappa shape index (κ1) is 10.8. The summed E-state index contributed by atoms with van der Waals surface area (Å²) in [5.41, 5.74) is 6.28. The van der Waals surface area contributed by atoms with E-state index in [0.717, 1.165) is 5.69 Å². The monoisotopic (exact) mass is 195 g/mol. The molecule has 1 aromatic rings. The third-order valence-corrected chi connectivity index (χ3v) is 1.88. The number of nitrogens with one attached hydrogen (secondary N) is 2. The van der Waals surface area contributed by atoms with Gasteiger partial charge in [0, 0.05) is 24.4 Å². The van der Waals surface area contributed by atoms with E-state index < -0.39 is 0 Å². The van der Waals surface area contributed by atoms with Crippen LogP contribution in [0.4, 0.5) is 5.69 Å². The number of amides is 1. The average molecular weight is 195 g/mol. The topological polar surface area (TPSA) is 70.9 Å². The molecule has 0 fully saturated rings. The Kier molecular flexibility index (Phi) is 3.30. The molecule has 1 rings (SSSR count). The van der Waals surface area contributed by atoms with E-state index >= 15 is 0 Å². The van der Waals surface area contributed by atoms with Gasteiger partial charge in [0.25, 0.3) is 0 Å². The zero-order chi connectivity index (χ0) is 10.6. The highest BCUT2D eigenvalue weighted by Crippen LogP contribution is 2.09. The molecule has 4 N–H and O–H groups in total. The summed E-state index contributed by atoms with van der Waals surface area (Å²) in [7, 11) is 0. The molecule has 0 aromatic carbocycles. The van der Waals surface area contributed by atoms with Crippen LogP contribution in [0.25, 0.3) is 0 Å².